The quantitative estimate of drug-likeness (QED) is 0.781. The van der Waals surface area contributed by atoms with Crippen LogP contribution in [0.4, 0.5) is 4.39 Å². The Morgan fingerprint density at radius 2 is 1.96 bits per heavy atom. The minimum Gasteiger partial charge on any atom is -0.494 e. The van der Waals surface area contributed by atoms with E-state index in [0.29, 0.717) is 6.54 Å². The fourth-order valence-electron chi connectivity index (χ4n) is 3.84. The van der Waals surface area contributed by atoms with Crippen molar-refractivity contribution in [3.05, 3.63) is 64.3 Å². The summed E-state index contributed by atoms with van der Waals surface area (Å²) in [6.07, 6.45) is 1.81. The summed E-state index contributed by atoms with van der Waals surface area (Å²) in [6, 6.07) is 13.1. The molecule has 0 atom stereocenters. The lowest BCUT2D eigenvalue weighted by Gasteiger charge is -2.32. The number of H-pyrrole nitrogens is 1. The van der Waals surface area contributed by atoms with Crippen LogP contribution in [-0.2, 0) is 6.54 Å². The van der Waals surface area contributed by atoms with Crippen LogP contribution in [0.25, 0.3) is 11.0 Å². The topological polar surface area (TPSA) is 50.3 Å². The third kappa shape index (κ3) is 3.12. The van der Waals surface area contributed by atoms with Crippen molar-refractivity contribution in [2.75, 3.05) is 20.2 Å². The van der Waals surface area contributed by atoms with Gasteiger partial charge in [-0.05, 0) is 42.7 Å². The Bertz CT molecular complexity index is 971. The van der Waals surface area contributed by atoms with Crippen molar-refractivity contribution in [2.24, 2.45) is 0 Å². The number of hydrogen-bond donors (Lipinski definition) is 1. The number of ether oxygens (including phenoxy) is 1. The molecule has 1 aliphatic heterocycles. The van der Waals surface area contributed by atoms with Crippen LogP contribution >= 0.6 is 0 Å². The number of fused-ring (bicyclic) bond motifs is 1. The number of nitrogens with one attached hydrogen (secondary N) is 1. The van der Waals surface area contributed by atoms with Gasteiger partial charge in [-0.25, -0.2) is 9.18 Å². The first kappa shape index (κ1) is 16.8. The summed E-state index contributed by atoms with van der Waals surface area (Å²) < 4.78 is 20.7. The maximum atomic E-state index is 13.9. The highest BCUT2D eigenvalue weighted by molar-refractivity contribution is 5.75. The Kier molecular flexibility index (Phi) is 4.51. The third-order valence-electron chi connectivity index (χ3n) is 5.17. The van der Waals surface area contributed by atoms with Crippen molar-refractivity contribution in [1.29, 1.82) is 0 Å². The van der Waals surface area contributed by atoms with Gasteiger partial charge in [0.1, 0.15) is 0 Å². The van der Waals surface area contributed by atoms with Gasteiger partial charge in [-0.1, -0.05) is 18.2 Å². The monoisotopic (exact) mass is 355 g/mol. The Morgan fingerprint density at radius 3 is 2.69 bits per heavy atom. The number of aromatic nitrogens is 2. The van der Waals surface area contributed by atoms with Crippen LogP contribution < -0.4 is 10.4 Å². The SMILES string of the molecule is COc1ccc(CN2CCC(n3c(=O)[nH]c4ccccc43)CC2)cc1F. The van der Waals surface area contributed by atoms with E-state index in [1.54, 1.807) is 6.07 Å². The number of methoxy groups -OCH3 is 1. The number of likely N-dealkylation sites (tertiary alicyclic amines) is 1. The first-order chi connectivity index (χ1) is 12.7. The zero-order chi connectivity index (χ0) is 18.1. The first-order valence-electron chi connectivity index (χ1n) is 8.90. The molecule has 26 heavy (non-hydrogen) atoms. The smallest absolute Gasteiger partial charge is 0.326 e. The number of piperidine rings is 1. The molecule has 1 fully saturated rings. The minimum absolute atomic E-state index is 0.0399. The Balaban J connectivity index is 1.45. The highest BCUT2D eigenvalue weighted by Gasteiger charge is 2.23. The van der Waals surface area contributed by atoms with Gasteiger partial charge in [0.05, 0.1) is 18.1 Å². The number of hydrogen-bond acceptors (Lipinski definition) is 3. The second kappa shape index (κ2) is 6.96. The van der Waals surface area contributed by atoms with E-state index >= 15 is 0 Å². The van der Waals surface area contributed by atoms with E-state index in [2.05, 4.69) is 9.88 Å². The second-order valence-electron chi connectivity index (χ2n) is 6.79. The van der Waals surface area contributed by atoms with Gasteiger partial charge in [-0.15, -0.1) is 0 Å². The predicted octanol–water partition coefficient (Wildman–Crippen LogP) is 3.31. The lowest BCUT2D eigenvalue weighted by Crippen LogP contribution is -2.36. The third-order valence-corrected chi connectivity index (χ3v) is 5.17. The molecule has 2 aromatic carbocycles. The van der Waals surface area contributed by atoms with E-state index in [1.807, 2.05) is 34.9 Å². The molecular formula is C20H22FN3O2. The molecule has 5 nitrogen and oxygen atoms in total. The lowest BCUT2D eigenvalue weighted by molar-refractivity contribution is 0.179. The van der Waals surface area contributed by atoms with Gasteiger partial charge in [0, 0.05) is 25.7 Å². The molecule has 0 aliphatic carbocycles. The molecule has 1 N–H and O–H groups in total. The molecule has 0 radical (unpaired) electrons. The number of rotatable bonds is 4. The van der Waals surface area contributed by atoms with Gasteiger partial charge in [0.15, 0.2) is 11.6 Å². The van der Waals surface area contributed by atoms with E-state index in [4.69, 9.17) is 4.74 Å². The Hall–Kier alpha value is -2.60. The van der Waals surface area contributed by atoms with Crippen LogP contribution in [0.3, 0.4) is 0 Å². The van der Waals surface area contributed by atoms with Crippen molar-refractivity contribution in [3.8, 4) is 5.75 Å². The average Bonchev–Trinajstić information content (AvgIpc) is 2.98. The number of para-hydroxylation sites is 2. The number of nitrogens with zero attached hydrogens (tertiary/aromatic N) is 2. The largest absolute Gasteiger partial charge is 0.494 e. The Labute approximate surface area is 151 Å². The van der Waals surface area contributed by atoms with Crippen molar-refractivity contribution in [1.82, 2.24) is 14.5 Å². The van der Waals surface area contributed by atoms with Gasteiger partial charge in [0.2, 0.25) is 0 Å². The summed E-state index contributed by atoms with van der Waals surface area (Å²) in [5.41, 5.74) is 2.75. The molecule has 0 unspecified atom stereocenters. The number of imidazole rings is 1. The zero-order valence-corrected chi connectivity index (χ0v) is 14.7. The lowest BCUT2D eigenvalue weighted by atomic mass is 10.0. The molecule has 0 spiro atoms. The first-order valence-corrected chi connectivity index (χ1v) is 8.90. The molecule has 0 amide bonds. The summed E-state index contributed by atoms with van der Waals surface area (Å²) in [5, 5.41) is 0. The van der Waals surface area contributed by atoms with Crippen molar-refractivity contribution in [3.63, 3.8) is 0 Å². The number of benzene rings is 2. The molecule has 1 saturated heterocycles. The molecule has 136 valence electrons. The predicted molar refractivity (Wildman–Crippen MR) is 99.1 cm³/mol. The van der Waals surface area contributed by atoms with E-state index in [-0.39, 0.29) is 23.3 Å². The van der Waals surface area contributed by atoms with Crippen LogP contribution in [0.2, 0.25) is 0 Å². The van der Waals surface area contributed by atoms with E-state index in [0.717, 1.165) is 42.5 Å². The normalized spacial score (nSPS) is 16.2. The standard InChI is InChI=1S/C20H22FN3O2/c1-26-19-7-6-14(12-16(19)21)13-23-10-8-15(9-11-23)24-18-5-3-2-4-17(18)22-20(24)25/h2-7,12,15H,8-11,13H2,1H3,(H,22,25). The maximum Gasteiger partial charge on any atom is 0.326 e. The van der Waals surface area contributed by atoms with Crippen LogP contribution in [0, 0.1) is 5.82 Å². The summed E-state index contributed by atoms with van der Waals surface area (Å²) >= 11 is 0. The van der Waals surface area contributed by atoms with Crippen molar-refractivity contribution < 1.29 is 9.13 Å². The maximum absolute atomic E-state index is 13.9. The van der Waals surface area contributed by atoms with Crippen LogP contribution in [0.15, 0.2) is 47.3 Å². The van der Waals surface area contributed by atoms with E-state index in [1.165, 1.54) is 13.2 Å². The van der Waals surface area contributed by atoms with Crippen LogP contribution in [-0.4, -0.2) is 34.7 Å². The number of aromatic amines is 1. The molecule has 0 saturated carbocycles. The number of halogens is 1. The van der Waals surface area contributed by atoms with Gasteiger partial charge in [0.25, 0.3) is 0 Å². The van der Waals surface area contributed by atoms with Gasteiger partial charge >= 0.3 is 5.69 Å². The highest BCUT2D eigenvalue weighted by atomic mass is 19.1. The molecular weight excluding hydrogens is 333 g/mol. The molecule has 0 bridgehead atoms. The van der Waals surface area contributed by atoms with Crippen molar-refractivity contribution in [2.45, 2.75) is 25.4 Å². The van der Waals surface area contributed by atoms with E-state index in [9.17, 15) is 9.18 Å². The minimum atomic E-state index is -0.328. The molecule has 4 rings (SSSR count). The fourth-order valence-corrected chi connectivity index (χ4v) is 3.84. The molecule has 1 aliphatic rings. The summed E-state index contributed by atoms with van der Waals surface area (Å²) in [7, 11) is 1.47. The summed E-state index contributed by atoms with van der Waals surface area (Å²) in [6.45, 7) is 2.46. The van der Waals surface area contributed by atoms with Crippen molar-refractivity contribution >= 4 is 11.0 Å². The second-order valence-corrected chi connectivity index (χ2v) is 6.79. The summed E-state index contributed by atoms with van der Waals surface area (Å²) in [5.74, 6) is -0.0589. The average molecular weight is 355 g/mol. The highest BCUT2D eigenvalue weighted by Crippen LogP contribution is 2.26. The molecule has 3 aromatic rings. The summed E-state index contributed by atoms with van der Waals surface area (Å²) in [4.78, 5) is 17.6. The van der Waals surface area contributed by atoms with Gasteiger partial charge < -0.3 is 9.72 Å². The Morgan fingerprint density at radius 1 is 1.19 bits per heavy atom. The van der Waals surface area contributed by atoms with Crippen LogP contribution in [0.1, 0.15) is 24.4 Å². The molecule has 2 heterocycles. The van der Waals surface area contributed by atoms with Crippen LogP contribution in [0.5, 0.6) is 5.75 Å². The fraction of sp³-hybridized carbons (Fsp3) is 0.350. The van der Waals surface area contributed by atoms with Gasteiger partial charge in [-0.2, -0.15) is 0 Å². The van der Waals surface area contributed by atoms with E-state index < -0.39 is 0 Å². The van der Waals surface area contributed by atoms with Gasteiger partial charge in [-0.3, -0.25) is 9.47 Å². The molecule has 1 aromatic heterocycles. The zero-order valence-electron chi connectivity index (χ0n) is 14.7. The molecule has 6 heteroatoms.